The van der Waals surface area contributed by atoms with Gasteiger partial charge in [0.2, 0.25) is 5.91 Å². The highest BCUT2D eigenvalue weighted by Gasteiger charge is 2.54. The summed E-state index contributed by atoms with van der Waals surface area (Å²) in [6.45, 7) is 9.76. The van der Waals surface area contributed by atoms with Gasteiger partial charge >= 0.3 is 0 Å². The van der Waals surface area contributed by atoms with Crippen LogP contribution in [0.3, 0.4) is 0 Å². The lowest BCUT2D eigenvalue weighted by Crippen LogP contribution is -2.55. The fraction of sp³-hybridized carbons (Fsp3) is 0.447. The van der Waals surface area contributed by atoms with Crippen molar-refractivity contribution in [2.75, 3.05) is 43.3 Å². The molecule has 3 saturated heterocycles. The van der Waals surface area contributed by atoms with E-state index < -0.39 is 13.6 Å². The van der Waals surface area contributed by atoms with Crippen molar-refractivity contribution >= 4 is 36.4 Å². The Morgan fingerprint density at radius 2 is 1.61 bits per heavy atom. The van der Waals surface area contributed by atoms with Crippen LogP contribution in [-0.2, 0) is 33.7 Å². The largest absolute Gasteiger partial charge is 0.497 e. The molecule has 10 heteroatoms. The van der Waals surface area contributed by atoms with Crippen LogP contribution < -0.4 is 25.0 Å². The summed E-state index contributed by atoms with van der Waals surface area (Å²) in [6.07, 6.45) is 3.85. The molecule has 9 nitrogen and oxygen atoms in total. The van der Waals surface area contributed by atoms with Crippen LogP contribution in [0.15, 0.2) is 103 Å². The summed E-state index contributed by atoms with van der Waals surface area (Å²) in [5.74, 6) is 1.29. The van der Waals surface area contributed by atoms with Gasteiger partial charge in [-0.3, -0.25) is 14.5 Å². The van der Waals surface area contributed by atoms with Gasteiger partial charge in [-0.2, -0.15) is 0 Å². The molecule has 4 aliphatic heterocycles. The second-order valence-corrected chi connectivity index (χ2v) is 21.9. The van der Waals surface area contributed by atoms with Gasteiger partial charge in [0.1, 0.15) is 11.3 Å². The van der Waals surface area contributed by atoms with Gasteiger partial charge in [0.05, 0.1) is 53.1 Å². The number of hydrogen-bond donors (Lipinski definition) is 2. The SMILES string of the molecule is COc1ccc([Si](C)(C)[C@H]2[C@H](C)[C@H](CCc3cccc(N4CN(c5ccccc5)C5(CCNCC5)C4=O)c3)O[C@@H]2CC(=O)N2Cc3ccccc3C[C@H]2CO)cc1. The first kappa shape index (κ1) is 39.3. The number of fused-ring (bicyclic) bond motifs is 1. The number of ether oxygens (including phenoxy) is 2. The van der Waals surface area contributed by atoms with E-state index in [-0.39, 0.29) is 48.1 Å². The monoisotopic (exact) mass is 786 g/mol. The molecule has 4 aromatic rings. The molecule has 2 N–H and O–H groups in total. The molecular weight excluding hydrogens is 729 g/mol. The Balaban J connectivity index is 1.02. The summed E-state index contributed by atoms with van der Waals surface area (Å²) in [6, 6.07) is 35.4. The highest BCUT2D eigenvalue weighted by atomic mass is 28.3. The van der Waals surface area contributed by atoms with Crippen molar-refractivity contribution in [3.8, 4) is 5.75 Å². The molecule has 0 aliphatic carbocycles. The molecule has 57 heavy (non-hydrogen) atoms. The molecule has 0 bridgehead atoms. The van der Waals surface area contributed by atoms with E-state index in [2.05, 4.69) is 90.9 Å². The molecule has 0 radical (unpaired) electrons. The van der Waals surface area contributed by atoms with Crippen LogP contribution in [0.4, 0.5) is 11.4 Å². The normalized spacial score (nSPS) is 24.5. The number of aliphatic hydroxyl groups is 1. The molecule has 8 rings (SSSR count). The first-order valence-corrected chi connectivity index (χ1v) is 23.9. The van der Waals surface area contributed by atoms with Crippen LogP contribution in [-0.4, -0.2) is 87.2 Å². The third kappa shape index (κ3) is 7.53. The average Bonchev–Trinajstić information content (AvgIpc) is 3.71. The van der Waals surface area contributed by atoms with E-state index in [0.717, 1.165) is 61.5 Å². The van der Waals surface area contributed by atoms with E-state index in [1.165, 1.54) is 16.3 Å². The smallest absolute Gasteiger partial charge is 0.254 e. The van der Waals surface area contributed by atoms with Crippen LogP contribution in [0.5, 0.6) is 5.75 Å². The fourth-order valence-corrected chi connectivity index (χ4v) is 14.6. The van der Waals surface area contributed by atoms with Crippen LogP contribution in [0.1, 0.15) is 49.3 Å². The predicted octanol–water partition coefficient (Wildman–Crippen LogP) is 6.29. The highest BCUT2D eigenvalue weighted by Crippen LogP contribution is 2.47. The number of nitrogens with one attached hydrogen (secondary N) is 1. The molecule has 5 atom stereocenters. The van der Waals surface area contributed by atoms with E-state index >= 15 is 0 Å². The number of amides is 2. The van der Waals surface area contributed by atoms with Crippen molar-refractivity contribution in [1.29, 1.82) is 0 Å². The molecule has 300 valence electrons. The molecule has 4 aliphatic rings. The molecule has 2 amide bonds. The lowest BCUT2D eigenvalue weighted by molar-refractivity contribution is -0.138. The number of para-hydroxylation sites is 1. The zero-order valence-corrected chi connectivity index (χ0v) is 34.9. The number of hydrogen-bond acceptors (Lipinski definition) is 7. The van der Waals surface area contributed by atoms with Gasteiger partial charge in [-0.05, 0) is 110 Å². The second kappa shape index (κ2) is 16.4. The van der Waals surface area contributed by atoms with E-state index in [1.807, 2.05) is 52.3 Å². The van der Waals surface area contributed by atoms with Crippen molar-refractivity contribution in [3.05, 3.63) is 120 Å². The predicted molar refractivity (Wildman–Crippen MR) is 229 cm³/mol. The third-order valence-electron chi connectivity index (χ3n) is 13.7. The van der Waals surface area contributed by atoms with Crippen molar-refractivity contribution < 1.29 is 24.2 Å². The Labute approximate surface area is 339 Å². The Morgan fingerprint density at radius 3 is 2.33 bits per heavy atom. The summed E-state index contributed by atoms with van der Waals surface area (Å²) < 4.78 is 12.6. The quantitative estimate of drug-likeness (QED) is 0.173. The Bertz CT molecular complexity index is 2040. The lowest BCUT2D eigenvalue weighted by Gasteiger charge is -2.39. The number of nitrogens with zero attached hydrogens (tertiary/aromatic N) is 3. The van der Waals surface area contributed by atoms with Gasteiger partial charge < -0.3 is 29.7 Å². The zero-order valence-electron chi connectivity index (χ0n) is 33.9. The van der Waals surface area contributed by atoms with Crippen LogP contribution in [0, 0.1) is 5.92 Å². The number of aliphatic hydroxyl groups excluding tert-OH is 1. The van der Waals surface area contributed by atoms with Gasteiger partial charge in [-0.25, -0.2) is 0 Å². The van der Waals surface area contributed by atoms with E-state index in [9.17, 15) is 14.7 Å². The van der Waals surface area contributed by atoms with Crippen LogP contribution >= 0.6 is 0 Å². The standard InChI is InChI=1S/C47H58N4O5Si/c1-33-42(22-17-34-11-10-16-38(27-34)50-32-51(37-14-6-5-7-15-37)47(46(50)54)23-25-48-26-24-47)56-43(45(33)57(3,4)41-20-18-40(55-2)19-21-41)29-44(53)49-30-36-13-9-8-12-35(36)28-39(49)31-52/h5-16,18-21,27,33,39,42-43,45,48,52H,17,22-26,28-32H2,1-4H3/t33-,39+,42+,43-,45+/m1/s1. The van der Waals surface area contributed by atoms with E-state index in [1.54, 1.807) is 7.11 Å². The topological polar surface area (TPSA) is 94.6 Å². The number of anilines is 2. The number of benzene rings is 4. The third-order valence-corrected chi connectivity index (χ3v) is 18.1. The number of carbonyl (C=O) groups excluding carboxylic acids is 2. The molecule has 0 unspecified atom stereocenters. The zero-order chi connectivity index (χ0) is 39.7. The highest BCUT2D eigenvalue weighted by molar-refractivity contribution is 6.91. The Hall–Kier alpha value is -4.48. The first-order valence-electron chi connectivity index (χ1n) is 20.8. The van der Waals surface area contributed by atoms with Crippen molar-refractivity contribution in [1.82, 2.24) is 10.2 Å². The first-order chi connectivity index (χ1) is 27.6. The summed E-state index contributed by atoms with van der Waals surface area (Å²) >= 11 is 0. The van der Waals surface area contributed by atoms with Crippen molar-refractivity contribution in [2.24, 2.45) is 5.92 Å². The minimum atomic E-state index is -2.20. The average molecular weight is 787 g/mol. The van der Waals surface area contributed by atoms with Crippen molar-refractivity contribution in [3.63, 3.8) is 0 Å². The van der Waals surface area contributed by atoms with E-state index in [0.29, 0.717) is 26.1 Å². The molecule has 0 aromatic heterocycles. The van der Waals surface area contributed by atoms with Gasteiger partial charge in [-0.1, -0.05) is 91.9 Å². The Morgan fingerprint density at radius 1 is 0.912 bits per heavy atom. The molecular formula is C47H58N4O5Si. The summed E-state index contributed by atoms with van der Waals surface area (Å²) in [5.41, 5.74) is 5.19. The maximum Gasteiger partial charge on any atom is 0.254 e. The van der Waals surface area contributed by atoms with E-state index in [4.69, 9.17) is 9.47 Å². The van der Waals surface area contributed by atoms with Gasteiger partial charge in [0, 0.05) is 17.9 Å². The number of aryl methyl sites for hydroxylation is 1. The number of piperidine rings is 1. The molecule has 1 spiro atoms. The molecule has 4 aromatic carbocycles. The Kier molecular flexibility index (Phi) is 11.3. The molecule has 4 heterocycles. The minimum Gasteiger partial charge on any atom is -0.497 e. The van der Waals surface area contributed by atoms with Gasteiger partial charge in [0.25, 0.3) is 5.91 Å². The number of methoxy groups -OCH3 is 1. The summed E-state index contributed by atoms with van der Waals surface area (Å²) in [4.78, 5) is 34.9. The summed E-state index contributed by atoms with van der Waals surface area (Å²) in [5, 5.41) is 15.2. The second-order valence-electron chi connectivity index (χ2n) is 17.2. The van der Waals surface area contributed by atoms with Gasteiger partial charge in [0.15, 0.2) is 0 Å². The van der Waals surface area contributed by atoms with Crippen LogP contribution in [0.2, 0.25) is 18.6 Å². The number of carbonyl (C=O) groups is 2. The molecule has 0 saturated carbocycles. The number of rotatable bonds is 11. The van der Waals surface area contributed by atoms with Crippen molar-refractivity contribution in [2.45, 2.75) is 94.4 Å². The molecule has 3 fully saturated rings. The minimum absolute atomic E-state index is 0.0304. The maximum absolute atomic E-state index is 14.4. The van der Waals surface area contributed by atoms with Gasteiger partial charge in [-0.15, -0.1) is 0 Å². The fourth-order valence-electron chi connectivity index (χ4n) is 10.5. The summed E-state index contributed by atoms with van der Waals surface area (Å²) in [7, 11) is -0.507. The maximum atomic E-state index is 14.4. The van der Waals surface area contributed by atoms with Crippen LogP contribution in [0.25, 0.3) is 0 Å². The lowest BCUT2D eigenvalue weighted by atomic mass is 9.86.